The van der Waals surface area contributed by atoms with Crippen LogP contribution in [0, 0.1) is 0 Å². The first-order chi connectivity index (χ1) is 9.15. The van der Waals surface area contributed by atoms with Gasteiger partial charge in [0.15, 0.2) is 0 Å². The predicted molar refractivity (Wildman–Crippen MR) is 93.2 cm³/mol. The number of aryl methyl sites for hydroxylation is 1. The van der Waals surface area contributed by atoms with Crippen LogP contribution in [0.5, 0.6) is 0 Å². The molecule has 0 saturated heterocycles. The van der Waals surface area contributed by atoms with Crippen LogP contribution in [-0.2, 0) is 6.42 Å². The molecule has 0 fully saturated rings. The first-order valence-electron chi connectivity index (χ1n) is 6.12. The molecule has 1 nitrogen and oxygen atoms in total. The lowest BCUT2D eigenvalue weighted by Gasteiger charge is -2.26. The Hall–Kier alpha value is 0.160. The quantitative estimate of drug-likeness (QED) is 0.532. The topological polar surface area (TPSA) is 12.0 Å². The van der Waals surface area contributed by atoms with Crippen LogP contribution in [0.15, 0.2) is 37.0 Å². The fraction of sp³-hybridized carbons (Fsp3) is 0.286. The molecule has 19 heavy (non-hydrogen) atoms. The second kappa shape index (κ2) is 5.88. The average Bonchev–Trinajstić information content (AvgIpc) is 2.82. The minimum atomic E-state index is 0.420. The summed E-state index contributed by atoms with van der Waals surface area (Å²) in [6, 6.07) is 6.83. The van der Waals surface area contributed by atoms with E-state index in [4.69, 9.17) is 0 Å². The fourth-order valence-electron chi connectivity index (χ4n) is 2.49. The molecule has 1 unspecified atom stereocenters. The van der Waals surface area contributed by atoms with Crippen LogP contribution in [0.2, 0.25) is 0 Å². The first-order valence-corrected chi connectivity index (χ1v) is 9.38. The Morgan fingerprint density at radius 2 is 1.89 bits per heavy atom. The van der Waals surface area contributed by atoms with Gasteiger partial charge in [0.25, 0.3) is 0 Å². The van der Waals surface area contributed by atoms with Crippen molar-refractivity contribution in [3.63, 3.8) is 0 Å². The monoisotopic (exact) mass is 463 g/mol. The second-order valence-corrected chi connectivity index (χ2v) is 8.26. The highest BCUT2D eigenvalue weighted by atomic mass is 79.9. The smallest absolute Gasteiger partial charge is 0.0634 e. The van der Waals surface area contributed by atoms with E-state index >= 15 is 0 Å². The molecule has 2 aromatic rings. The summed E-state index contributed by atoms with van der Waals surface area (Å²) in [4.78, 5) is 1.54. The van der Waals surface area contributed by atoms with E-state index in [-0.39, 0.29) is 0 Å². The van der Waals surface area contributed by atoms with Crippen molar-refractivity contribution in [3.8, 4) is 0 Å². The number of hydrogen-bond donors (Lipinski definition) is 1. The Morgan fingerprint density at radius 3 is 2.63 bits per heavy atom. The molecule has 0 spiro atoms. The van der Waals surface area contributed by atoms with E-state index in [1.807, 2.05) is 11.3 Å². The molecule has 1 aliphatic carbocycles. The van der Waals surface area contributed by atoms with Crippen molar-refractivity contribution in [2.24, 2.45) is 0 Å². The second-order valence-electron chi connectivity index (χ2n) is 4.63. The molecular weight excluding hydrogens is 454 g/mol. The van der Waals surface area contributed by atoms with Gasteiger partial charge >= 0.3 is 0 Å². The van der Waals surface area contributed by atoms with Gasteiger partial charge in [-0.25, -0.2) is 0 Å². The summed E-state index contributed by atoms with van der Waals surface area (Å²) < 4.78 is 3.23. The third-order valence-corrected chi connectivity index (χ3v) is 6.08. The van der Waals surface area contributed by atoms with Crippen LogP contribution < -0.4 is 5.32 Å². The predicted octanol–water partition coefficient (Wildman–Crippen LogP) is 6.53. The maximum atomic E-state index is 3.68. The third kappa shape index (κ3) is 2.94. The summed E-state index contributed by atoms with van der Waals surface area (Å²) in [6.45, 7) is 0. The number of thiophene rings is 1. The van der Waals surface area contributed by atoms with Crippen LogP contribution in [0.1, 0.15) is 29.3 Å². The Morgan fingerprint density at radius 1 is 1.16 bits per heavy atom. The number of nitrogens with one attached hydrogen (secondary N) is 1. The van der Waals surface area contributed by atoms with E-state index in [1.165, 1.54) is 29.7 Å². The van der Waals surface area contributed by atoms with Gasteiger partial charge in [-0.3, -0.25) is 0 Å². The van der Waals surface area contributed by atoms with Crippen molar-refractivity contribution in [3.05, 3.63) is 47.4 Å². The lowest BCUT2D eigenvalue weighted by atomic mass is 9.94. The van der Waals surface area contributed by atoms with Gasteiger partial charge in [0.2, 0.25) is 0 Å². The molecule has 1 atom stereocenters. The maximum Gasteiger partial charge on any atom is 0.0634 e. The molecule has 1 heterocycles. The maximum absolute atomic E-state index is 3.68. The molecule has 1 aliphatic rings. The molecular formula is C14H12Br3NS. The molecule has 0 bridgehead atoms. The largest absolute Gasteiger partial charge is 0.376 e. The van der Waals surface area contributed by atoms with Crippen molar-refractivity contribution in [2.75, 3.05) is 5.32 Å². The summed E-state index contributed by atoms with van der Waals surface area (Å²) in [6.07, 6.45) is 3.68. The minimum absolute atomic E-state index is 0.420. The number of halogens is 3. The fourth-order valence-corrected chi connectivity index (χ4v) is 5.97. The highest BCUT2D eigenvalue weighted by Gasteiger charge is 2.22. The number of rotatable bonds is 2. The Bertz CT molecular complexity index is 585. The molecule has 3 rings (SSSR count). The first kappa shape index (κ1) is 14.1. The Labute approximate surface area is 142 Å². The number of benzene rings is 1. The van der Waals surface area contributed by atoms with Gasteiger partial charge in [-0.1, -0.05) is 15.9 Å². The van der Waals surface area contributed by atoms with Gasteiger partial charge in [-0.05, 0) is 80.3 Å². The molecule has 1 N–H and O–H groups in total. The van der Waals surface area contributed by atoms with Crippen LogP contribution in [0.25, 0.3) is 0 Å². The Kier molecular flexibility index (Phi) is 4.37. The third-order valence-electron chi connectivity index (χ3n) is 3.38. The van der Waals surface area contributed by atoms with Gasteiger partial charge in [-0.2, -0.15) is 0 Å². The van der Waals surface area contributed by atoms with Crippen LogP contribution in [0.3, 0.4) is 0 Å². The van der Waals surface area contributed by atoms with E-state index in [2.05, 4.69) is 76.7 Å². The molecule has 1 aromatic heterocycles. The van der Waals surface area contributed by atoms with Gasteiger partial charge in [0.05, 0.1) is 11.7 Å². The Balaban J connectivity index is 1.92. The average molecular weight is 466 g/mol. The zero-order valence-electron chi connectivity index (χ0n) is 10.1. The van der Waals surface area contributed by atoms with Crippen LogP contribution in [0.4, 0.5) is 5.69 Å². The van der Waals surface area contributed by atoms with E-state index in [9.17, 15) is 0 Å². The summed E-state index contributed by atoms with van der Waals surface area (Å²) in [5.41, 5.74) is 2.60. The van der Waals surface area contributed by atoms with E-state index in [0.717, 1.165) is 19.1 Å². The summed E-state index contributed by atoms with van der Waals surface area (Å²) in [5.74, 6) is 0. The molecule has 0 radical (unpaired) electrons. The molecule has 0 amide bonds. The number of hydrogen-bond acceptors (Lipinski definition) is 2. The van der Waals surface area contributed by atoms with Crippen molar-refractivity contribution >= 4 is 64.8 Å². The van der Waals surface area contributed by atoms with Gasteiger partial charge in [0, 0.05) is 18.3 Å². The van der Waals surface area contributed by atoms with Crippen molar-refractivity contribution in [1.29, 1.82) is 0 Å². The zero-order chi connectivity index (χ0) is 13.4. The summed E-state index contributed by atoms with van der Waals surface area (Å²) >= 11 is 12.7. The molecule has 100 valence electrons. The SMILES string of the molecule is Brc1cc(Br)c(NC2CCCc3sccc32)c(Br)c1. The molecule has 5 heteroatoms. The van der Waals surface area contributed by atoms with E-state index in [1.54, 1.807) is 0 Å². The van der Waals surface area contributed by atoms with Gasteiger partial charge < -0.3 is 5.32 Å². The van der Waals surface area contributed by atoms with Gasteiger partial charge in [-0.15, -0.1) is 11.3 Å². The summed E-state index contributed by atoms with van der Waals surface area (Å²) in [5, 5.41) is 5.88. The molecule has 0 saturated carbocycles. The van der Waals surface area contributed by atoms with Crippen molar-refractivity contribution in [1.82, 2.24) is 0 Å². The number of anilines is 1. The normalized spacial score (nSPS) is 18.2. The lowest BCUT2D eigenvalue weighted by molar-refractivity contribution is 0.608. The molecule has 0 aliphatic heterocycles. The molecule has 1 aromatic carbocycles. The van der Waals surface area contributed by atoms with Crippen LogP contribution >= 0.6 is 59.1 Å². The van der Waals surface area contributed by atoms with Gasteiger partial charge in [0.1, 0.15) is 0 Å². The van der Waals surface area contributed by atoms with Crippen LogP contribution in [-0.4, -0.2) is 0 Å². The summed E-state index contributed by atoms with van der Waals surface area (Å²) in [7, 11) is 0. The highest BCUT2D eigenvalue weighted by molar-refractivity contribution is 9.11. The zero-order valence-corrected chi connectivity index (χ0v) is 15.6. The van der Waals surface area contributed by atoms with Crippen molar-refractivity contribution < 1.29 is 0 Å². The minimum Gasteiger partial charge on any atom is -0.376 e. The standard InChI is InChI=1S/C14H12Br3NS/c15-8-6-10(16)14(11(17)7-8)18-12-2-1-3-13-9(12)4-5-19-13/h4-7,12,18H,1-3H2. The lowest BCUT2D eigenvalue weighted by Crippen LogP contribution is -2.16. The number of fused-ring (bicyclic) bond motifs is 1. The van der Waals surface area contributed by atoms with E-state index in [0.29, 0.717) is 6.04 Å². The highest BCUT2D eigenvalue weighted by Crippen LogP contribution is 2.40. The van der Waals surface area contributed by atoms with Crippen molar-refractivity contribution in [2.45, 2.75) is 25.3 Å². The van der Waals surface area contributed by atoms with E-state index < -0.39 is 0 Å².